The number of piperazine rings is 1. The van der Waals surface area contributed by atoms with Gasteiger partial charge in [-0.25, -0.2) is 0 Å². The molecule has 102 valence electrons. The first-order chi connectivity index (χ1) is 9.28. The number of hydrogen-bond acceptors (Lipinski definition) is 4. The summed E-state index contributed by atoms with van der Waals surface area (Å²) in [6, 6.07) is 8.10. The molecule has 1 aromatic rings. The molecular formula is C15H21N3O. The molecule has 0 saturated carbocycles. The predicted octanol–water partition coefficient (Wildman–Crippen LogP) is 0.889. The van der Waals surface area contributed by atoms with Crippen LogP contribution in [0.3, 0.4) is 0 Å². The van der Waals surface area contributed by atoms with Gasteiger partial charge in [0.15, 0.2) is 0 Å². The van der Waals surface area contributed by atoms with Crippen LogP contribution in [0.15, 0.2) is 18.2 Å². The number of hydrogen-bond donors (Lipinski definition) is 2. The van der Waals surface area contributed by atoms with E-state index in [0.717, 1.165) is 25.3 Å². The standard InChI is InChI=1S/C15H21N3O/c16-11-5-10-1-4-14(6-15(10)19-9-11)18-7-12-2-3-13(8-18)17-12/h1,4,6,11-13,17H,2-3,5,7-9,16H2. The number of nitrogens with zero attached hydrogens (tertiary/aromatic N) is 1. The Morgan fingerprint density at radius 3 is 2.79 bits per heavy atom. The van der Waals surface area contributed by atoms with Crippen LogP contribution in [0.2, 0.25) is 0 Å². The minimum Gasteiger partial charge on any atom is -0.492 e. The second kappa shape index (κ2) is 4.39. The third-order valence-electron chi connectivity index (χ3n) is 4.57. The molecule has 4 rings (SSSR count). The quantitative estimate of drug-likeness (QED) is 0.786. The van der Waals surface area contributed by atoms with Crippen LogP contribution in [0, 0.1) is 0 Å². The molecule has 3 aliphatic heterocycles. The van der Waals surface area contributed by atoms with Gasteiger partial charge < -0.3 is 20.7 Å². The Morgan fingerprint density at radius 2 is 2.00 bits per heavy atom. The van der Waals surface area contributed by atoms with E-state index in [0.29, 0.717) is 18.7 Å². The fourth-order valence-electron chi connectivity index (χ4n) is 3.59. The Bertz CT molecular complexity index is 478. The largest absolute Gasteiger partial charge is 0.492 e. The Balaban J connectivity index is 1.59. The molecule has 0 spiro atoms. The van der Waals surface area contributed by atoms with E-state index in [1.807, 2.05) is 0 Å². The summed E-state index contributed by atoms with van der Waals surface area (Å²) in [6.07, 6.45) is 3.57. The summed E-state index contributed by atoms with van der Waals surface area (Å²) in [4.78, 5) is 2.50. The lowest BCUT2D eigenvalue weighted by atomic mass is 10.0. The van der Waals surface area contributed by atoms with Gasteiger partial charge >= 0.3 is 0 Å². The third-order valence-corrected chi connectivity index (χ3v) is 4.57. The van der Waals surface area contributed by atoms with E-state index in [9.17, 15) is 0 Å². The number of ether oxygens (including phenoxy) is 1. The Morgan fingerprint density at radius 1 is 1.21 bits per heavy atom. The molecular weight excluding hydrogens is 238 g/mol. The van der Waals surface area contributed by atoms with Gasteiger partial charge in [-0.05, 0) is 30.9 Å². The van der Waals surface area contributed by atoms with Crippen molar-refractivity contribution in [2.75, 3.05) is 24.6 Å². The first-order valence-electron chi connectivity index (χ1n) is 7.30. The van der Waals surface area contributed by atoms with Crippen LogP contribution in [0.4, 0.5) is 5.69 Å². The third kappa shape index (κ3) is 2.09. The molecule has 0 radical (unpaired) electrons. The second-order valence-electron chi connectivity index (χ2n) is 6.11. The summed E-state index contributed by atoms with van der Waals surface area (Å²) in [5.74, 6) is 1.03. The zero-order valence-corrected chi connectivity index (χ0v) is 11.1. The lowest BCUT2D eigenvalue weighted by Gasteiger charge is -2.35. The normalized spacial score (nSPS) is 32.9. The lowest BCUT2D eigenvalue weighted by Crippen LogP contribution is -2.51. The van der Waals surface area contributed by atoms with Crippen molar-refractivity contribution in [2.45, 2.75) is 37.4 Å². The van der Waals surface area contributed by atoms with E-state index >= 15 is 0 Å². The monoisotopic (exact) mass is 259 g/mol. The molecule has 0 amide bonds. The summed E-state index contributed by atoms with van der Waals surface area (Å²) < 4.78 is 5.77. The molecule has 0 aromatic heterocycles. The maximum atomic E-state index is 5.93. The Kier molecular flexibility index (Phi) is 2.67. The highest BCUT2D eigenvalue weighted by atomic mass is 16.5. The van der Waals surface area contributed by atoms with Gasteiger partial charge in [-0.3, -0.25) is 0 Å². The molecule has 4 nitrogen and oxygen atoms in total. The molecule has 3 unspecified atom stereocenters. The lowest BCUT2D eigenvalue weighted by molar-refractivity contribution is 0.263. The summed E-state index contributed by atoms with van der Waals surface area (Å²) >= 11 is 0. The van der Waals surface area contributed by atoms with Crippen LogP contribution in [0.1, 0.15) is 18.4 Å². The first-order valence-corrected chi connectivity index (χ1v) is 7.30. The molecule has 0 aliphatic carbocycles. The van der Waals surface area contributed by atoms with Gasteiger partial charge in [-0.15, -0.1) is 0 Å². The highest BCUT2D eigenvalue weighted by molar-refractivity contribution is 5.55. The van der Waals surface area contributed by atoms with Gasteiger partial charge in [0, 0.05) is 43.0 Å². The van der Waals surface area contributed by atoms with Crippen LogP contribution in [0.25, 0.3) is 0 Å². The molecule has 3 aliphatic rings. The summed E-state index contributed by atoms with van der Waals surface area (Å²) in [6.45, 7) is 2.88. The number of anilines is 1. The van der Waals surface area contributed by atoms with E-state index < -0.39 is 0 Å². The van der Waals surface area contributed by atoms with Crippen molar-refractivity contribution in [3.8, 4) is 5.75 Å². The van der Waals surface area contributed by atoms with Crippen LogP contribution in [-0.2, 0) is 6.42 Å². The molecule has 2 bridgehead atoms. The number of nitrogens with two attached hydrogens (primary N) is 1. The number of fused-ring (bicyclic) bond motifs is 3. The van der Waals surface area contributed by atoms with E-state index in [-0.39, 0.29) is 6.04 Å². The van der Waals surface area contributed by atoms with Crippen molar-refractivity contribution < 1.29 is 4.74 Å². The first kappa shape index (κ1) is 11.6. The molecule has 2 fully saturated rings. The van der Waals surface area contributed by atoms with Crippen molar-refractivity contribution in [3.05, 3.63) is 23.8 Å². The predicted molar refractivity (Wildman–Crippen MR) is 75.8 cm³/mol. The minimum absolute atomic E-state index is 0.147. The molecule has 3 heterocycles. The zero-order chi connectivity index (χ0) is 12.8. The Hall–Kier alpha value is -1.26. The fraction of sp³-hybridized carbons (Fsp3) is 0.600. The maximum absolute atomic E-state index is 5.93. The van der Waals surface area contributed by atoms with Crippen LogP contribution >= 0.6 is 0 Å². The maximum Gasteiger partial charge on any atom is 0.124 e. The van der Waals surface area contributed by atoms with Gasteiger partial charge in [0.2, 0.25) is 0 Å². The van der Waals surface area contributed by atoms with Crippen molar-refractivity contribution in [1.82, 2.24) is 5.32 Å². The van der Waals surface area contributed by atoms with Crippen molar-refractivity contribution in [2.24, 2.45) is 5.73 Å². The molecule has 3 N–H and O–H groups in total. The SMILES string of the molecule is NC1COc2cc(N3CC4CCC(C3)N4)ccc2C1. The Labute approximate surface area is 113 Å². The van der Waals surface area contributed by atoms with Crippen LogP contribution < -0.4 is 20.7 Å². The van der Waals surface area contributed by atoms with Gasteiger partial charge in [0.25, 0.3) is 0 Å². The molecule has 19 heavy (non-hydrogen) atoms. The zero-order valence-electron chi connectivity index (χ0n) is 11.1. The van der Waals surface area contributed by atoms with E-state index in [4.69, 9.17) is 10.5 Å². The van der Waals surface area contributed by atoms with Gasteiger partial charge in [-0.2, -0.15) is 0 Å². The average molecular weight is 259 g/mol. The molecule has 2 saturated heterocycles. The fourth-order valence-corrected chi connectivity index (χ4v) is 3.59. The highest BCUT2D eigenvalue weighted by Crippen LogP contribution is 2.32. The summed E-state index contributed by atoms with van der Waals surface area (Å²) in [7, 11) is 0. The summed E-state index contributed by atoms with van der Waals surface area (Å²) in [5.41, 5.74) is 8.48. The topological polar surface area (TPSA) is 50.5 Å². The number of rotatable bonds is 1. The smallest absolute Gasteiger partial charge is 0.124 e. The van der Waals surface area contributed by atoms with Crippen molar-refractivity contribution in [1.29, 1.82) is 0 Å². The van der Waals surface area contributed by atoms with E-state index in [1.165, 1.54) is 24.1 Å². The van der Waals surface area contributed by atoms with Gasteiger partial charge in [0.1, 0.15) is 12.4 Å². The van der Waals surface area contributed by atoms with Gasteiger partial charge in [0.05, 0.1) is 0 Å². The molecule has 1 aromatic carbocycles. The minimum atomic E-state index is 0.147. The van der Waals surface area contributed by atoms with Gasteiger partial charge in [-0.1, -0.05) is 6.07 Å². The molecule has 4 heteroatoms. The van der Waals surface area contributed by atoms with E-state index in [1.54, 1.807) is 0 Å². The average Bonchev–Trinajstić information content (AvgIpc) is 2.77. The van der Waals surface area contributed by atoms with E-state index in [2.05, 4.69) is 28.4 Å². The number of nitrogens with one attached hydrogen (secondary N) is 1. The second-order valence-corrected chi connectivity index (χ2v) is 6.11. The van der Waals surface area contributed by atoms with Crippen molar-refractivity contribution >= 4 is 5.69 Å². The number of benzene rings is 1. The molecule has 3 atom stereocenters. The summed E-state index contributed by atoms with van der Waals surface area (Å²) in [5, 5.41) is 3.67. The van der Waals surface area contributed by atoms with Crippen LogP contribution in [0.5, 0.6) is 5.75 Å². The van der Waals surface area contributed by atoms with Crippen molar-refractivity contribution in [3.63, 3.8) is 0 Å². The highest BCUT2D eigenvalue weighted by Gasteiger charge is 2.32. The van der Waals surface area contributed by atoms with Crippen LogP contribution in [-0.4, -0.2) is 37.8 Å².